The molecule has 0 spiro atoms. The summed E-state index contributed by atoms with van der Waals surface area (Å²) in [6.07, 6.45) is 2.54. The van der Waals surface area contributed by atoms with Crippen LogP contribution in [0.3, 0.4) is 0 Å². The van der Waals surface area contributed by atoms with Gasteiger partial charge >= 0.3 is 6.18 Å². The Kier molecular flexibility index (Phi) is 7.97. The molecule has 6 nitrogen and oxygen atoms in total. The van der Waals surface area contributed by atoms with Crippen molar-refractivity contribution in [1.29, 1.82) is 0 Å². The predicted octanol–water partition coefficient (Wildman–Crippen LogP) is 6.76. The molecule has 2 saturated heterocycles. The minimum atomic E-state index is -4.84. The third-order valence-electron chi connectivity index (χ3n) is 8.60. The number of aromatic nitrogens is 2. The number of H-pyrrole nitrogens is 1. The van der Waals surface area contributed by atoms with Crippen LogP contribution in [0.5, 0.6) is 5.75 Å². The normalized spacial score (nSPS) is 18.7. The van der Waals surface area contributed by atoms with Crippen molar-refractivity contribution in [3.63, 3.8) is 0 Å². The van der Waals surface area contributed by atoms with Gasteiger partial charge in [-0.25, -0.2) is 4.98 Å². The summed E-state index contributed by atoms with van der Waals surface area (Å²) >= 11 is 0. The van der Waals surface area contributed by atoms with E-state index in [1.807, 2.05) is 24.3 Å². The van der Waals surface area contributed by atoms with E-state index in [9.17, 15) is 18.3 Å². The van der Waals surface area contributed by atoms with E-state index in [2.05, 4.69) is 19.8 Å². The average molecular weight is 559 g/mol. The van der Waals surface area contributed by atoms with Gasteiger partial charge in [-0.05, 0) is 80.7 Å². The van der Waals surface area contributed by atoms with E-state index in [0.29, 0.717) is 22.5 Å². The zero-order valence-corrected chi connectivity index (χ0v) is 23.8. The number of methoxy groups -OCH3 is 1. The second-order valence-corrected chi connectivity index (χ2v) is 12.2. The number of fused-ring (bicyclic) bond motifs is 1. The van der Waals surface area contributed by atoms with Gasteiger partial charge in [-0.2, -0.15) is 13.2 Å². The van der Waals surface area contributed by atoms with Crippen molar-refractivity contribution in [2.75, 3.05) is 43.1 Å². The number of alkyl halides is 3. The Morgan fingerprint density at radius 3 is 2.20 bits per heavy atom. The van der Waals surface area contributed by atoms with E-state index in [4.69, 9.17) is 4.74 Å². The van der Waals surface area contributed by atoms with Crippen LogP contribution in [0, 0.1) is 0 Å². The third-order valence-corrected chi connectivity index (χ3v) is 8.60. The number of piperidine rings is 2. The smallest absolute Gasteiger partial charge is 0.417 e. The minimum absolute atomic E-state index is 0.331. The maximum absolute atomic E-state index is 14.6. The highest BCUT2D eigenvalue weighted by Crippen LogP contribution is 2.46. The Morgan fingerprint density at radius 2 is 1.57 bits per heavy atom. The lowest BCUT2D eigenvalue weighted by Crippen LogP contribution is -2.51. The molecule has 2 aliphatic heterocycles. The van der Waals surface area contributed by atoms with Crippen LogP contribution in [0.4, 0.5) is 24.7 Å². The van der Waals surface area contributed by atoms with Crippen LogP contribution >= 0.6 is 0 Å². The van der Waals surface area contributed by atoms with Crippen molar-refractivity contribution in [3.05, 3.63) is 47.8 Å². The third kappa shape index (κ3) is 5.90. The number of nitrogens with one attached hydrogen (secondary N) is 1. The molecule has 5 rings (SSSR count). The zero-order valence-electron chi connectivity index (χ0n) is 23.8. The van der Waals surface area contributed by atoms with Crippen LogP contribution in [0.25, 0.3) is 10.9 Å². The van der Waals surface area contributed by atoms with Crippen LogP contribution in [0.1, 0.15) is 70.1 Å². The fraction of sp³-hybridized carbons (Fsp3) is 0.581. The molecule has 40 heavy (non-hydrogen) atoms. The first-order valence-corrected chi connectivity index (χ1v) is 14.4. The molecule has 2 aromatic heterocycles. The molecule has 2 aliphatic rings. The van der Waals surface area contributed by atoms with Gasteiger partial charge in [-0.15, -0.1) is 0 Å². The maximum atomic E-state index is 14.6. The summed E-state index contributed by atoms with van der Waals surface area (Å²) in [6, 6.07) is 9.38. The number of hydrogen-bond acceptors (Lipinski definition) is 5. The molecular weight excluding hydrogens is 517 g/mol. The van der Waals surface area contributed by atoms with E-state index in [0.717, 1.165) is 68.8 Å². The van der Waals surface area contributed by atoms with E-state index in [1.54, 1.807) is 26.1 Å². The summed E-state index contributed by atoms with van der Waals surface area (Å²) in [6.45, 7) is 7.21. The number of halogens is 3. The molecule has 9 heteroatoms. The fourth-order valence-electron chi connectivity index (χ4n) is 6.45. The largest absolute Gasteiger partial charge is 0.496 e. The van der Waals surface area contributed by atoms with Crippen molar-refractivity contribution in [2.24, 2.45) is 0 Å². The average Bonchev–Trinajstić information content (AvgIpc) is 3.34. The van der Waals surface area contributed by atoms with Gasteiger partial charge in [0.2, 0.25) is 0 Å². The van der Waals surface area contributed by atoms with Crippen LogP contribution < -0.4 is 14.5 Å². The standard InChI is InChI=1S/C31H41F3N4O2/c1-29(2,25-18-24(10-11-27(25)40-3)37-12-6-4-7-13-37)21-30(39,31(32,33)34)19-23-16-22-17-28(35-20-26(22)36-23)38-14-8-5-9-15-38/h10-11,16-18,20,36,39H,4-9,12-15,19,21H2,1-3H3. The minimum Gasteiger partial charge on any atom is -0.496 e. The molecule has 1 aromatic carbocycles. The van der Waals surface area contributed by atoms with Gasteiger partial charge in [0.1, 0.15) is 11.6 Å². The molecule has 2 N–H and O–H groups in total. The lowest BCUT2D eigenvalue weighted by molar-refractivity contribution is -0.266. The first-order chi connectivity index (χ1) is 19.0. The number of benzene rings is 1. The van der Waals surface area contributed by atoms with Gasteiger partial charge < -0.3 is 24.6 Å². The van der Waals surface area contributed by atoms with Gasteiger partial charge in [0.15, 0.2) is 5.60 Å². The number of ether oxygens (including phenoxy) is 1. The molecule has 3 aromatic rings. The monoisotopic (exact) mass is 558 g/mol. The fourth-order valence-corrected chi connectivity index (χ4v) is 6.45. The van der Waals surface area contributed by atoms with Crippen LogP contribution in [0.2, 0.25) is 0 Å². The summed E-state index contributed by atoms with van der Waals surface area (Å²) in [4.78, 5) is 12.1. The first-order valence-electron chi connectivity index (χ1n) is 14.4. The van der Waals surface area contributed by atoms with E-state index < -0.39 is 30.0 Å². The van der Waals surface area contributed by atoms with Gasteiger partial charge in [0, 0.05) is 54.9 Å². The van der Waals surface area contributed by atoms with Crippen molar-refractivity contribution in [3.8, 4) is 5.75 Å². The van der Waals surface area contributed by atoms with Gasteiger partial charge in [0.05, 0.1) is 18.8 Å². The van der Waals surface area contributed by atoms with Crippen molar-refractivity contribution < 1.29 is 23.0 Å². The summed E-state index contributed by atoms with van der Waals surface area (Å²) in [5, 5.41) is 12.1. The molecule has 2 fully saturated rings. The maximum Gasteiger partial charge on any atom is 0.417 e. The number of anilines is 2. The summed E-state index contributed by atoms with van der Waals surface area (Å²) < 4.78 is 49.5. The van der Waals surface area contributed by atoms with Crippen molar-refractivity contribution in [1.82, 2.24) is 9.97 Å². The lowest BCUT2D eigenvalue weighted by Gasteiger charge is -2.39. The molecule has 4 heterocycles. The van der Waals surface area contributed by atoms with Crippen LogP contribution in [0.15, 0.2) is 36.5 Å². The molecule has 0 radical (unpaired) electrons. The second kappa shape index (κ2) is 11.1. The Hall–Kier alpha value is -2.94. The summed E-state index contributed by atoms with van der Waals surface area (Å²) in [5.74, 6) is 1.36. The van der Waals surface area contributed by atoms with Crippen molar-refractivity contribution >= 4 is 22.4 Å². The summed E-state index contributed by atoms with van der Waals surface area (Å²) in [7, 11) is 1.53. The number of rotatable bonds is 8. The number of nitrogens with zero attached hydrogens (tertiary/aromatic N) is 3. The Morgan fingerprint density at radius 1 is 0.925 bits per heavy atom. The highest BCUT2D eigenvalue weighted by Gasteiger charge is 2.56. The van der Waals surface area contributed by atoms with E-state index in [-0.39, 0.29) is 0 Å². The quantitative estimate of drug-likeness (QED) is 0.320. The zero-order chi connectivity index (χ0) is 28.5. The highest BCUT2D eigenvalue weighted by molar-refractivity contribution is 5.82. The Labute approximate surface area is 234 Å². The topological polar surface area (TPSA) is 64.6 Å². The summed E-state index contributed by atoms with van der Waals surface area (Å²) in [5.41, 5.74) is -1.35. The van der Waals surface area contributed by atoms with E-state index in [1.165, 1.54) is 20.0 Å². The van der Waals surface area contributed by atoms with Crippen molar-refractivity contribution in [2.45, 2.75) is 82.4 Å². The highest BCUT2D eigenvalue weighted by atomic mass is 19.4. The molecule has 218 valence electrons. The Bertz CT molecular complexity index is 1310. The first kappa shape index (κ1) is 28.6. The number of hydrogen-bond donors (Lipinski definition) is 2. The molecular formula is C31H41F3N4O2. The number of aliphatic hydroxyl groups is 1. The van der Waals surface area contributed by atoms with Gasteiger partial charge in [0.25, 0.3) is 0 Å². The number of aromatic amines is 1. The van der Waals surface area contributed by atoms with E-state index >= 15 is 0 Å². The molecule has 1 unspecified atom stereocenters. The lowest BCUT2D eigenvalue weighted by atomic mass is 9.73. The molecule has 0 bridgehead atoms. The van der Waals surface area contributed by atoms with Crippen LogP contribution in [-0.4, -0.2) is 60.1 Å². The second-order valence-electron chi connectivity index (χ2n) is 12.2. The predicted molar refractivity (Wildman–Crippen MR) is 154 cm³/mol. The van der Waals surface area contributed by atoms with Gasteiger partial charge in [-0.3, -0.25) is 0 Å². The van der Waals surface area contributed by atoms with Gasteiger partial charge in [-0.1, -0.05) is 13.8 Å². The number of pyridine rings is 1. The Balaban J connectivity index is 1.43. The molecule has 1 atom stereocenters. The SMILES string of the molecule is COc1ccc(N2CCCCC2)cc1C(C)(C)CC(O)(Cc1cc2cc(N3CCCCC3)ncc2[nH]1)C(F)(F)F. The van der Waals surface area contributed by atoms with Crippen LogP contribution in [-0.2, 0) is 11.8 Å². The molecule has 0 aliphatic carbocycles. The molecule has 0 amide bonds. The molecule has 0 saturated carbocycles.